The topological polar surface area (TPSA) is 80.8 Å². The zero-order chi connectivity index (χ0) is 23.8. The number of imide groups is 1. The van der Waals surface area contributed by atoms with Crippen LogP contribution in [-0.4, -0.2) is 29.0 Å². The summed E-state index contributed by atoms with van der Waals surface area (Å²) in [4.78, 5) is 56.2. The molecule has 2 amide bonds. The fraction of sp³-hybridized carbons (Fsp3) is 0.185. The number of ether oxygens (including phenoxy) is 1. The maximum Gasteiger partial charge on any atom is 0.241 e. The monoisotopic (exact) mass is 471 g/mol. The Morgan fingerprint density at radius 3 is 2.06 bits per heavy atom. The van der Waals surface area contributed by atoms with Crippen LogP contribution in [0.4, 0.5) is 5.69 Å². The van der Waals surface area contributed by atoms with Crippen LogP contribution in [-0.2, 0) is 14.3 Å². The molecule has 34 heavy (non-hydrogen) atoms. The summed E-state index contributed by atoms with van der Waals surface area (Å²) in [6, 6.07) is 20.1. The van der Waals surface area contributed by atoms with E-state index in [1.165, 1.54) is 0 Å². The minimum Gasteiger partial charge on any atom is -0.349 e. The third kappa shape index (κ3) is 2.50. The zero-order valence-corrected chi connectivity index (χ0v) is 18.8. The SMILES string of the molecule is Cc1c(Cl)cccc1[C@H]1OC2(C(=O)c3ccccc3C2=O)[C@@H]2C(=O)N(c3ccccc3)C(=O)[C@H]12. The molecule has 6 rings (SSSR count). The van der Waals surface area contributed by atoms with Gasteiger partial charge < -0.3 is 4.74 Å². The van der Waals surface area contributed by atoms with Gasteiger partial charge in [-0.2, -0.15) is 0 Å². The van der Waals surface area contributed by atoms with Crippen molar-refractivity contribution >= 4 is 40.7 Å². The number of amides is 2. The summed E-state index contributed by atoms with van der Waals surface area (Å²) in [5, 5.41) is 0.461. The molecule has 7 heteroatoms. The first-order valence-corrected chi connectivity index (χ1v) is 11.3. The van der Waals surface area contributed by atoms with E-state index < -0.39 is 46.9 Å². The number of anilines is 1. The molecule has 0 aromatic heterocycles. The largest absolute Gasteiger partial charge is 0.349 e. The molecule has 3 aromatic carbocycles. The van der Waals surface area contributed by atoms with Gasteiger partial charge in [-0.1, -0.05) is 66.2 Å². The lowest BCUT2D eigenvalue weighted by molar-refractivity contribution is -0.127. The molecule has 3 aromatic rings. The number of halogens is 1. The predicted octanol–water partition coefficient (Wildman–Crippen LogP) is 4.34. The highest BCUT2D eigenvalue weighted by Crippen LogP contribution is 2.58. The van der Waals surface area contributed by atoms with Gasteiger partial charge in [-0.3, -0.25) is 19.2 Å². The van der Waals surface area contributed by atoms with Crippen LogP contribution in [0.15, 0.2) is 72.8 Å². The number of para-hydroxylation sites is 1. The zero-order valence-electron chi connectivity index (χ0n) is 18.0. The van der Waals surface area contributed by atoms with E-state index in [1.807, 2.05) is 0 Å². The molecule has 0 unspecified atom stereocenters. The van der Waals surface area contributed by atoms with Crippen molar-refractivity contribution in [1.82, 2.24) is 0 Å². The Kier molecular flexibility index (Phi) is 4.43. The fourth-order valence-corrected chi connectivity index (χ4v) is 5.75. The lowest BCUT2D eigenvalue weighted by Gasteiger charge is -2.27. The van der Waals surface area contributed by atoms with Crippen LogP contribution in [0, 0.1) is 18.8 Å². The molecule has 0 bridgehead atoms. The molecule has 1 aliphatic carbocycles. The van der Waals surface area contributed by atoms with Gasteiger partial charge in [0.15, 0.2) is 0 Å². The molecular formula is C27H18ClNO5. The van der Waals surface area contributed by atoms with Crippen molar-refractivity contribution in [2.24, 2.45) is 11.8 Å². The number of fused-ring (bicyclic) bond motifs is 3. The van der Waals surface area contributed by atoms with E-state index in [9.17, 15) is 19.2 Å². The highest BCUT2D eigenvalue weighted by atomic mass is 35.5. The molecule has 2 saturated heterocycles. The van der Waals surface area contributed by atoms with Gasteiger partial charge in [-0.05, 0) is 36.2 Å². The summed E-state index contributed by atoms with van der Waals surface area (Å²) in [6.07, 6.45) is -0.990. The average molecular weight is 472 g/mol. The van der Waals surface area contributed by atoms with Crippen molar-refractivity contribution in [3.8, 4) is 0 Å². The first-order chi connectivity index (χ1) is 16.4. The highest BCUT2D eigenvalue weighted by Gasteiger charge is 2.74. The van der Waals surface area contributed by atoms with Gasteiger partial charge in [0.05, 0.1) is 23.6 Å². The molecule has 168 valence electrons. The van der Waals surface area contributed by atoms with E-state index in [2.05, 4.69) is 0 Å². The Bertz CT molecular complexity index is 1380. The lowest BCUT2D eigenvalue weighted by atomic mass is 9.77. The molecule has 2 fully saturated rings. The van der Waals surface area contributed by atoms with Crippen LogP contribution in [0.1, 0.15) is 37.9 Å². The maximum atomic E-state index is 13.8. The summed E-state index contributed by atoms with van der Waals surface area (Å²) in [5.74, 6) is -4.61. The third-order valence-corrected chi connectivity index (χ3v) is 7.56. The van der Waals surface area contributed by atoms with Crippen molar-refractivity contribution in [2.75, 3.05) is 4.90 Å². The van der Waals surface area contributed by atoms with E-state index in [4.69, 9.17) is 16.3 Å². The second-order valence-electron chi connectivity index (χ2n) is 8.78. The summed E-state index contributed by atoms with van der Waals surface area (Å²) < 4.78 is 6.30. The predicted molar refractivity (Wildman–Crippen MR) is 124 cm³/mol. The van der Waals surface area contributed by atoms with Crippen LogP contribution in [0.2, 0.25) is 5.02 Å². The number of carbonyl (C=O) groups is 4. The van der Waals surface area contributed by atoms with Crippen LogP contribution in [0.25, 0.3) is 0 Å². The smallest absolute Gasteiger partial charge is 0.241 e. The molecule has 3 atom stereocenters. The van der Waals surface area contributed by atoms with Gasteiger partial charge >= 0.3 is 0 Å². The van der Waals surface area contributed by atoms with Crippen molar-refractivity contribution < 1.29 is 23.9 Å². The van der Waals surface area contributed by atoms with Crippen LogP contribution in [0.3, 0.4) is 0 Å². The molecule has 2 aliphatic heterocycles. The average Bonchev–Trinajstić information content (AvgIpc) is 3.41. The minimum atomic E-state index is -2.09. The number of rotatable bonds is 2. The number of carbonyl (C=O) groups excluding carboxylic acids is 4. The summed E-state index contributed by atoms with van der Waals surface area (Å²) >= 11 is 6.35. The van der Waals surface area contributed by atoms with Crippen molar-refractivity contribution in [3.05, 3.63) is 100 Å². The van der Waals surface area contributed by atoms with E-state index in [-0.39, 0.29) is 11.1 Å². The molecule has 0 radical (unpaired) electrons. The Morgan fingerprint density at radius 1 is 0.794 bits per heavy atom. The number of nitrogens with zero attached hydrogens (tertiary/aromatic N) is 1. The van der Waals surface area contributed by atoms with E-state index in [1.54, 1.807) is 79.7 Å². The molecule has 1 spiro atoms. The lowest BCUT2D eigenvalue weighted by Crippen LogP contribution is -2.51. The van der Waals surface area contributed by atoms with Gasteiger partial charge in [0.25, 0.3) is 0 Å². The van der Waals surface area contributed by atoms with Crippen LogP contribution < -0.4 is 4.90 Å². The molecule has 3 aliphatic rings. The fourth-order valence-electron chi connectivity index (χ4n) is 5.56. The normalized spacial score (nSPS) is 24.8. The Labute approximate surface area is 200 Å². The summed E-state index contributed by atoms with van der Waals surface area (Å²) in [5.41, 5.74) is -0.0598. The van der Waals surface area contributed by atoms with Crippen LogP contribution >= 0.6 is 11.6 Å². The Balaban J connectivity index is 1.58. The Hall–Kier alpha value is -3.61. The van der Waals surface area contributed by atoms with Crippen molar-refractivity contribution in [2.45, 2.75) is 18.6 Å². The number of hydrogen-bond donors (Lipinski definition) is 0. The second-order valence-corrected chi connectivity index (χ2v) is 9.19. The van der Waals surface area contributed by atoms with Crippen molar-refractivity contribution in [1.29, 1.82) is 0 Å². The molecule has 6 nitrogen and oxygen atoms in total. The van der Waals surface area contributed by atoms with E-state index >= 15 is 0 Å². The highest BCUT2D eigenvalue weighted by molar-refractivity contribution is 6.37. The molecule has 2 heterocycles. The van der Waals surface area contributed by atoms with Crippen molar-refractivity contribution in [3.63, 3.8) is 0 Å². The number of hydrogen-bond acceptors (Lipinski definition) is 5. The van der Waals surface area contributed by atoms with E-state index in [0.29, 0.717) is 21.8 Å². The first-order valence-electron chi connectivity index (χ1n) is 10.9. The van der Waals surface area contributed by atoms with Gasteiger partial charge in [-0.25, -0.2) is 4.90 Å². The van der Waals surface area contributed by atoms with Crippen LogP contribution in [0.5, 0.6) is 0 Å². The van der Waals surface area contributed by atoms with Gasteiger partial charge in [0, 0.05) is 16.1 Å². The number of benzene rings is 3. The molecule has 0 N–H and O–H groups in total. The van der Waals surface area contributed by atoms with Gasteiger partial charge in [0.2, 0.25) is 29.0 Å². The van der Waals surface area contributed by atoms with Gasteiger partial charge in [0.1, 0.15) is 0 Å². The number of ketones is 2. The van der Waals surface area contributed by atoms with Gasteiger partial charge in [-0.15, -0.1) is 0 Å². The minimum absolute atomic E-state index is 0.202. The molecule has 0 saturated carbocycles. The summed E-state index contributed by atoms with van der Waals surface area (Å²) in [7, 11) is 0. The standard InChI is InChI=1S/C27H18ClNO5/c1-14-16(12-7-13-19(14)28)22-20-21(26(33)29(25(20)32)15-8-3-2-4-9-15)27(34-22)23(30)17-10-5-6-11-18(17)24(27)31/h2-13,20-22H,1H3/t20-,21-,22+/m0/s1. The second kappa shape index (κ2) is 7.19. The quantitative estimate of drug-likeness (QED) is 0.410. The Morgan fingerprint density at radius 2 is 1.41 bits per heavy atom. The number of Topliss-reactive ketones (excluding diaryl/α,β-unsaturated/α-hetero) is 2. The first kappa shape index (κ1) is 21.0. The molecular weight excluding hydrogens is 454 g/mol. The van der Waals surface area contributed by atoms with E-state index in [0.717, 1.165) is 4.90 Å². The third-order valence-electron chi connectivity index (χ3n) is 7.15. The summed E-state index contributed by atoms with van der Waals surface area (Å²) in [6.45, 7) is 1.78. The maximum absolute atomic E-state index is 13.8.